The zero-order valence-corrected chi connectivity index (χ0v) is 16.0. The van der Waals surface area contributed by atoms with Gasteiger partial charge in [-0.2, -0.15) is 0 Å². The molecule has 1 unspecified atom stereocenters. The molecule has 0 aliphatic heterocycles. The van der Waals surface area contributed by atoms with Gasteiger partial charge in [-0.15, -0.1) is 11.3 Å². The van der Waals surface area contributed by atoms with Crippen molar-refractivity contribution in [3.05, 3.63) is 11.1 Å². The van der Waals surface area contributed by atoms with Gasteiger partial charge in [-0.1, -0.05) is 0 Å². The van der Waals surface area contributed by atoms with Crippen LogP contribution in [0, 0.1) is 0 Å². The van der Waals surface area contributed by atoms with Crippen molar-refractivity contribution < 1.29 is 23.9 Å². The number of esters is 1. The Bertz CT molecular complexity index is 624. The van der Waals surface area contributed by atoms with Crippen LogP contribution in [0.5, 0.6) is 0 Å². The van der Waals surface area contributed by atoms with Gasteiger partial charge in [0.15, 0.2) is 5.13 Å². The monoisotopic (exact) mass is 372 g/mol. The highest BCUT2D eigenvalue weighted by Gasteiger charge is 2.26. The molecule has 10 heteroatoms. The van der Waals surface area contributed by atoms with Crippen molar-refractivity contribution in [1.82, 2.24) is 15.2 Å². The molecule has 140 valence electrons. The minimum absolute atomic E-state index is 0.111. The molecule has 0 bridgehead atoms. The number of thiazole rings is 1. The van der Waals surface area contributed by atoms with E-state index >= 15 is 0 Å². The van der Waals surface area contributed by atoms with E-state index in [0.29, 0.717) is 10.8 Å². The van der Waals surface area contributed by atoms with Crippen LogP contribution in [-0.2, 0) is 20.7 Å². The van der Waals surface area contributed by atoms with Crippen molar-refractivity contribution in [3.63, 3.8) is 0 Å². The first-order valence-corrected chi connectivity index (χ1v) is 8.40. The number of nitrogens with zero attached hydrogens (tertiary/aromatic N) is 2. The Morgan fingerprint density at radius 1 is 1.32 bits per heavy atom. The lowest BCUT2D eigenvalue weighted by Crippen LogP contribution is -2.45. The summed E-state index contributed by atoms with van der Waals surface area (Å²) in [6.07, 6.45) is -0.612. The Hall–Kier alpha value is -2.36. The van der Waals surface area contributed by atoms with Crippen molar-refractivity contribution in [2.75, 3.05) is 26.5 Å². The van der Waals surface area contributed by atoms with E-state index < -0.39 is 23.7 Å². The van der Waals surface area contributed by atoms with Gasteiger partial charge in [0.05, 0.1) is 12.8 Å². The third-order valence-electron chi connectivity index (χ3n) is 2.76. The number of carbonyl (C=O) groups is 3. The normalized spacial score (nSPS) is 12.1. The second-order valence-electron chi connectivity index (χ2n) is 6.39. The number of aromatic nitrogens is 1. The Labute approximate surface area is 150 Å². The topological polar surface area (TPSA) is 110 Å². The maximum Gasteiger partial charge on any atom is 0.408 e. The van der Waals surface area contributed by atoms with Gasteiger partial charge in [-0.25, -0.2) is 19.4 Å². The standard InChI is InChI=1S/C15H24N4O5S/c1-15(2,3)24-14(22)17-10(11(20)23-6)7-9-8-25-12(16-9)18-13(21)19(4)5/h8,10H,7H2,1-6H3,(H,17,22)(H,16,18,21). The van der Waals surface area contributed by atoms with Crippen molar-refractivity contribution in [1.29, 1.82) is 0 Å². The predicted molar refractivity (Wildman–Crippen MR) is 93.7 cm³/mol. The quantitative estimate of drug-likeness (QED) is 0.763. The van der Waals surface area contributed by atoms with Crippen LogP contribution in [0.1, 0.15) is 26.5 Å². The van der Waals surface area contributed by atoms with E-state index in [9.17, 15) is 14.4 Å². The second-order valence-corrected chi connectivity index (χ2v) is 7.25. The summed E-state index contributed by atoms with van der Waals surface area (Å²) in [7, 11) is 4.46. The molecule has 3 amide bonds. The average Bonchev–Trinajstić information content (AvgIpc) is 2.90. The summed E-state index contributed by atoms with van der Waals surface area (Å²) in [6, 6.07) is -1.25. The van der Waals surface area contributed by atoms with E-state index in [0.717, 1.165) is 0 Å². The van der Waals surface area contributed by atoms with E-state index in [1.165, 1.54) is 23.3 Å². The van der Waals surface area contributed by atoms with E-state index in [1.807, 2.05) is 0 Å². The molecule has 1 rings (SSSR count). The first kappa shape index (κ1) is 20.7. The zero-order chi connectivity index (χ0) is 19.2. The van der Waals surface area contributed by atoms with Gasteiger partial charge in [-0.05, 0) is 20.8 Å². The number of hydrogen-bond acceptors (Lipinski definition) is 7. The number of ether oxygens (including phenoxy) is 2. The number of amides is 3. The van der Waals surface area contributed by atoms with E-state index in [4.69, 9.17) is 9.47 Å². The molecule has 1 aromatic heterocycles. The number of carbonyl (C=O) groups excluding carboxylic acids is 3. The molecule has 0 fully saturated rings. The molecule has 0 spiro atoms. The summed E-state index contributed by atoms with van der Waals surface area (Å²) in [4.78, 5) is 41.0. The van der Waals surface area contributed by atoms with Gasteiger partial charge in [-0.3, -0.25) is 5.32 Å². The number of alkyl carbamates (subject to hydrolysis) is 1. The Morgan fingerprint density at radius 2 is 1.96 bits per heavy atom. The molecule has 0 saturated carbocycles. The van der Waals surface area contributed by atoms with Gasteiger partial charge >= 0.3 is 18.1 Å². The maximum absolute atomic E-state index is 11.9. The van der Waals surface area contributed by atoms with Crippen molar-refractivity contribution in [2.45, 2.75) is 38.8 Å². The van der Waals surface area contributed by atoms with Gasteiger partial charge in [0, 0.05) is 25.9 Å². The van der Waals surface area contributed by atoms with E-state index in [2.05, 4.69) is 15.6 Å². The molecular formula is C15H24N4O5S. The van der Waals surface area contributed by atoms with Crippen LogP contribution >= 0.6 is 11.3 Å². The number of rotatable bonds is 5. The highest BCUT2D eigenvalue weighted by molar-refractivity contribution is 7.13. The fraction of sp³-hybridized carbons (Fsp3) is 0.600. The van der Waals surface area contributed by atoms with Crippen molar-refractivity contribution >= 4 is 34.6 Å². The summed E-state index contributed by atoms with van der Waals surface area (Å²) < 4.78 is 9.86. The number of nitrogens with one attached hydrogen (secondary N) is 2. The Kier molecular flexibility index (Phi) is 7.16. The minimum atomic E-state index is -0.945. The van der Waals surface area contributed by atoms with Crippen LogP contribution in [0.3, 0.4) is 0 Å². The van der Waals surface area contributed by atoms with Crippen LogP contribution in [0.15, 0.2) is 5.38 Å². The highest BCUT2D eigenvalue weighted by atomic mass is 32.1. The van der Waals surface area contributed by atoms with Gasteiger partial charge in [0.2, 0.25) is 0 Å². The predicted octanol–water partition coefficient (Wildman–Crippen LogP) is 1.85. The summed E-state index contributed by atoms with van der Waals surface area (Å²) in [6.45, 7) is 5.17. The van der Waals surface area contributed by atoms with Gasteiger partial charge in [0.1, 0.15) is 11.6 Å². The molecule has 1 aromatic rings. The molecule has 0 aromatic carbocycles. The van der Waals surface area contributed by atoms with Crippen molar-refractivity contribution in [3.8, 4) is 0 Å². The third kappa shape index (κ3) is 7.38. The Balaban J connectivity index is 2.76. The lowest BCUT2D eigenvalue weighted by atomic mass is 10.1. The van der Waals surface area contributed by atoms with Crippen LogP contribution in [0.4, 0.5) is 14.7 Å². The largest absolute Gasteiger partial charge is 0.467 e. The van der Waals surface area contributed by atoms with Crippen LogP contribution < -0.4 is 10.6 Å². The first-order chi connectivity index (χ1) is 11.5. The molecule has 0 saturated heterocycles. The van der Waals surface area contributed by atoms with E-state index in [-0.39, 0.29) is 12.5 Å². The lowest BCUT2D eigenvalue weighted by molar-refractivity contribution is -0.143. The fourth-order valence-electron chi connectivity index (χ4n) is 1.66. The van der Waals surface area contributed by atoms with Gasteiger partial charge in [0.25, 0.3) is 0 Å². The fourth-order valence-corrected chi connectivity index (χ4v) is 2.37. The summed E-state index contributed by atoms with van der Waals surface area (Å²) in [5.74, 6) is -0.613. The number of methoxy groups -OCH3 is 1. The molecule has 0 aliphatic rings. The first-order valence-electron chi connectivity index (χ1n) is 7.52. The minimum Gasteiger partial charge on any atom is -0.467 e. The lowest BCUT2D eigenvalue weighted by Gasteiger charge is -2.22. The average molecular weight is 372 g/mol. The molecule has 2 N–H and O–H groups in total. The van der Waals surface area contributed by atoms with Crippen LogP contribution in [-0.4, -0.2) is 60.8 Å². The highest BCUT2D eigenvalue weighted by Crippen LogP contribution is 2.17. The molecule has 1 heterocycles. The molecule has 9 nitrogen and oxygen atoms in total. The van der Waals surface area contributed by atoms with Crippen LogP contribution in [0.2, 0.25) is 0 Å². The second kappa shape index (κ2) is 8.65. The third-order valence-corrected chi connectivity index (χ3v) is 3.57. The molecule has 1 atom stereocenters. The molecular weight excluding hydrogens is 348 g/mol. The van der Waals surface area contributed by atoms with Gasteiger partial charge < -0.3 is 19.7 Å². The smallest absolute Gasteiger partial charge is 0.408 e. The maximum atomic E-state index is 11.9. The number of hydrogen-bond donors (Lipinski definition) is 2. The molecule has 25 heavy (non-hydrogen) atoms. The summed E-state index contributed by atoms with van der Waals surface area (Å²) >= 11 is 1.22. The summed E-state index contributed by atoms with van der Waals surface area (Å²) in [5, 5.41) is 7.18. The Morgan fingerprint density at radius 3 is 2.48 bits per heavy atom. The zero-order valence-electron chi connectivity index (χ0n) is 15.2. The molecule has 0 aliphatic carbocycles. The van der Waals surface area contributed by atoms with Crippen molar-refractivity contribution in [2.24, 2.45) is 0 Å². The molecule has 0 radical (unpaired) electrons. The van der Waals surface area contributed by atoms with E-state index in [1.54, 1.807) is 40.2 Å². The van der Waals surface area contributed by atoms with Crippen LogP contribution in [0.25, 0.3) is 0 Å². The number of anilines is 1. The SMILES string of the molecule is COC(=O)C(Cc1csc(NC(=O)N(C)C)n1)NC(=O)OC(C)(C)C. The summed E-state index contributed by atoms with van der Waals surface area (Å²) in [5.41, 5.74) is -0.153. The number of urea groups is 1.